The molecule has 0 amide bonds. The molecular formula is C7H9BrN2OS. The molecule has 2 rings (SSSR count). The Hall–Kier alpha value is -0.160. The average molecular weight is 249 g/mol. The number of hydrogen-bond donors (Lipinski definition) is 0. The zero-order chi connectivity index (χ0) is 8.39. The van der Waals surface area contributed by atoms with Crippen molar-refractivity contribution < 1.29 is 4.74 Å². The summed E-state index contributed by atoms with van der Waals surface area (Å²) in [5.41, 5.74) is 0. The van der Waals surface area contributed by atoms with Crippen LogP contribution in [0.25, 0.3) is 0 Å². The fraction of sp³-hybridized carbons (Fsp3) is 0.714. The summed E-state index contributed by atoms with van der Waals surface area (Å²) in [6.07, 6.45) is 5.27. The van der Waals surface area contributed by atoms with Crippen LogP contribution in [0.2, 0.25) is 0 Å². The van der Waals surface area contributed by atoms with Crippen molar-refractivity contribution in [1.29, 1.82) is 0 Å². The van der Waals surface area contributed by atoms with Gasteiger partial charge < -0.3 is 4.74 Å². The number of aromatic nitrogens is 2. The maximum atomic E-state index is 5.61. The third kappa shape index (κ3) is 1.95. The van der Waals surface area contributed by atoms with Crippen LogP contribution >= 0.6 is 27.3 Å². The molecule has 1 heterocycles. The molecule has 0 saturated heterocycles. The molecule has 1 aliphatic carbocycles. The van der Waals surface area contributed by atoms with Crippen LogP contribution in [0.3, 0.4) is 0 Å². The van der Waals surface area contributed by atoms with E-state index in [0.717, 1.165) is 16.8 Å². The Morgan fingerprint density at radius 2 is 2.08 bits per heavy atom. The van der Waals surface area contributed by atoms with E-state index >= 15 is 0 Å². The normalized spacial score (nSPS) is 18.4. The zero-order valence-electron chi connectivity index (χ0n) is 6.49. The second kappa shape index (κ2) is 3.70. The van der Waals surface area contributed by atoms with Crippen molar-refractivity contribution >= 4 is 27.3 Å². The molecule has 3 nitrogen and oxygen atoms in total. The number of hydrogen-bond acceptors (Lipinski definition) is 4. The Kier molecular flexibility index (Phi) is 2.60. The molecule has 1 aromatic heterocycles. The first-order valence-corrected chi connectivity index (χ1v) is 5.61. The van der Waals surface area contributed by atoms with Crippen LogP contribution in [0, 0.1) is 0 Å². The van der Waals surface area contributed by atoms with Gasteiger partial charge in [-0.1, -0.05) is 5.10 Å². The number of rotatable bonds is 2. The second-order valence-electron chi connectivity index (χ2n) is 2.85. The highest BCUT2D eigenvalue weighted by Gasteiger charge is 2.17. The lowest BCUT2D eigenvalue weighted by Gasteiger charge is -2.07. The fourth-order valence-corrected chi connectivity index (χ4v) is 2.38. The van der Waals surface area contributed by atoms with Crippen LogP contribution in [-0.2, 0) is 0 Å². The third-order valence-corrected chi connectivity index (χ3v) is 3.20. The van der Waals surface area contributed by atoms with Gasteiger partial charge in [-0.25, -0.2) is 0 Å². The molecule has 1 aromatic rings. The summed E-state index contributed by atoms with van der Waals surface area (Å²) in [6.45, 7) is 0. The van der Waals surface area contributed by atoms with Crippen molar-refractivity contribution in [3.8, 4) is 5.19 Å². The van der Waals surface area contributed by atoms with E-state index in [1.165, 1.54) is 24.2 Å². The minimum absolute atomic E-state index is 0.379. The average Bonchev–Trinajstić information content (AvgIpc) is 2.63. The largest absolute Gasteiger partial charge is 0.466 e. The summed E-state index contributed by atoms with van der Waals surface area (Å²) < 4.78 is 6.40. The minimum Gasteiger partial charge on any atom is -0.466 e. The highest BCUT2D eigenvalue weighted by Crippen LogP contribution is 2.27. The molecule has 12 heavy (non-hydrogen) atoms. The maximum absolute atomic E-state index is 5.61. The van der Waals surface area contributed by atoms with Crippen molar-refractivity contribution in [3.63, 3.8) is 0 Å². The van der Waals surface area contributed by atoms with E-state index in [-0.39, 0.29) is 0 Å². The molecule has 0 N–H and O–H groups in total. The standard InChI is InChI=1S/C7H9BrN2OS/c8-6-9-10-7(12-6)11-5-3-1-2-4-5/h5H,1-4H2. The van der Waals surface area contributed by atoms with Gasteiger partial charge in [0.25, 0.3) is 5.19 Å². The van der Waals surface area contributed by atoms with Gasteiger partial charge in [-0.2, -0.15) is 0 Å². The molecule has 0 aliphatic heterocycles. The van der Waals surface area contributed by atoms with E-state index in [1.54, 1.807) is 0 Å². The summed E-state index contributed by atoms with van der Waals surface area (Å²) in [7, 11) is 0. The Bertz CT molecular complexity index is 260. The predicted molar refractivity (Wildman–Crippen MR) is 50.5 cm³/mol. The molecule has 0 spiro atoms. The van der Waals surface area contributed by atoms with E-state index < -0.39 is 0 Å². The molecule has 1 aliphatic rings. The molecule has 1 fully saturated rings. The Morgan fingerprint density at radius 1 is 1.33 bits per heavy atom. The van der Waals surface area contributed by atoms with E-state index in [1.807, 2.05) is 0 Å². The third-order valence-electron chi connectivity index (χ3n) is 1.95. The molecule has 0 aromatic carbocycles. The van der Waals surface area contributed by atoms with Crippen LogP contribution in [-0.4, -0.2) is 16.3 Å². The molecular weight excluding hydrogens is 240 g/mol. The van der Waals surface area contributed by atoms with Gasteiger partial charge >= 0.3 is 0 Å². The van der Waals surface area contributed by atoms with Gasteiger partial charge in [-0.15, -0.1) is 5.10 Å². The lowest BCUT2D eigenvalue weighted by Crippen LogP contribution is -2.10. The van der Waals surface area contributed by atoms with Gasteiger partial charge in [0, 0.05) is 0 Å². The summed E-state index contributed by atoms with van der Waals surface area (Å²) in [6, 6.07) is 0. The molecule has 0 radical (unpaired) electrons. The van der Waals surface area contributed by atoms with Gasteiger partial charge in [0.2, 0.25) is 0 Å². The zero-order valence-corrected chi connectivity index (χ0v) is 8.90. The molecule has 0 bridgehead atoms. The maximum Gasteiger partial charge on any atom is 0.295 e. The van der Waals surface area contributed by atoms with E-state index in [9.17, 15) is 0 Å². The van der Waals surface area contributed by atoms with Gasteiger partial charge in [0.05, 0.1) is 0 Å². The fourth-order valence-electron chi connectivity index (χ4n) is 1.39. The lowest BCUT2D eigenvalue weighted by molar-refractivity contribution is 0.207. The van der Waals surface area contributed by atoms with Gasteiger partial charge in [0.1, 0.15) is 6.10 Å². The van der Waals surface area contributed by atoms with Crippen molar-refractivity contribution in [2.24, 2.45) is 0 Å². The monoisotopic (exact) mass is 248 g/mol. The summed E-state index contributed by atoms with van der Waals surface area (Å²) in [4.78, 5) is 0. The van der Waals surface area contributed by atoms with Crippen LogP contribution in [0.4, 0.5) is 0 Å². The van der Waals surface area contributed by atoms with E-state index in [0.29, 0.717) is 11.3 Å². The number of halogens is 1. The van der Waals surface area contributed by atoms with Crippen molar-refractivity contribution in [3.05, 3.63) is 3.92 Å². The second-order valence-corrected chi connectivity index (χ2v) is 5.06. The highest BCUT2D eigenvalue weighted by molar-refractivity contribution is 9.11. The van der Waals surface area contributed by atoms with Gasteiger partial charge in [-0.05, 0) is 53.0 Å². The van der Waals surface area contributed by atoms with Gasteiger partial charge in [0.15, 0.2) is 3.92 Å². The predicted octanol–water partition coefficient (Wildman–Crippen LogP) is 2.62. The minimum atomic E-state index is 0.379. The first-order chi connectivity index (χ1) is 5.84. The molecule has 66 valence electrons. The van der Waals surface area contributed by atoms with Crippen LogP contribution in [0.1, 0.15) is 25.7 Å². The summed E-state index contributed by atoms with van der Waals surface area (Å²) in [5.74, 6) is 0. The van der Waals surface area contributed by atoms with Gasteiger partial charge in [-0.3, -0.25) is 0 Å². The SMILES string of the molecule is Brc1nnc(OC2CCCC2)s1. The number of nitrogens with zero attached hydrogens (tertiary/aromatic N) is 2. The van der Waals surface area contributed by atoms with Crippen LogP contribution in [0.5, 0.6) is 5.19 Å². The smallest absolute Gasteiger partial charge is 0.295 e. The topological polar surface area (TPSA) is 35.0 Å². The lowest BCUT2D eigenvalue weighted by atomic mass is 10.3. The molecule has 0 atom stereocenters. The van der Waals surface area contributed by atoms with Crippen LogP contribution < -0.4 is 4.74 Å². The summed E-state index contributed by atoms with van der Waals surface area (Å²) >= 11 is 4.69. The van der Waals surface area contributed by atoms with Crippen LogP contribution in [0.15, 0.2) is 3.92 Å². The first-order valence-electron chi connectivity index (χ1n) is 4.00. The molecule has 1 saturated carbocycles. The Labute approximate surface area is 83.3 Å². The molecule has 5 heteroatoms. The Morgan fingerprint density at radius 3 is 2.67 bits per heavy atom. The quantitative estimate of drug-likeness (QED) is 0.808. The van der Waals surface area contributed by atoms with E-state index in [4.69, 9.17) is 4.74 Å². The van der Waals surface area contributed by atoms with E-state index in [2.05, 4.69) is 26.1 Å². The first kappa shape index (κ1) is 8.44. The Balaban J connectivity index is 1.94. The van der Waals surface area contributed by atoms with Crippen molar-refractivity contribution in [2.75, 3.05) is 0 Å². The highest BCUT2D eigenvalue weighted by atomic mass is 79.9. The van der Waals surface area contributed by atoms with Crippen molar-refractivity contribution in [2.45, 2.75) is 31.8 Å². The summed E-state index contributed by atoms with van der Waals surface area (Å²) in [5, 5.41) is 8.39. The molecule has 0 unspecified atom stereocenters. The van der Waals surface area contributed by atoms with Crippen molar-refractivity contribution in [1.82, 2.24) is 10.2 Å². The number of ether oxygens (including phenoxy) is 1.